The molecular weight excluding hydrogens is 1010 g/mol. The van der Waals surface area contributed by atoms with E-state index < -0.39 is 129 Å². The Morgan fingerprint density at radius 3 is 1.91 bits per heavy atom. The monoisotopic (exact) mass is 1080 g/mol. The smallest absolute Gasteiger partial charge is 0.350 e. The Morgan fingerprint density at radius 1 is 0.842 bits per heavy atom. The van der Waals surface area contributed by atoms with Crippen LogP contribution in [0.25, 0.3) is 0 Å². The summed E-state index contributed by atoms with van der Waals surface area (Å²) in [6.45, 7) is 13.4. The topological polar surface area (TPSA) is 285 Å². The van der Waals surface area contributed by atoms with E-state index in [9.17, 15) is 42.6 Å². The molecular formula is C55H68N2O18S. The number of aliphatic hydroxyl groups excluding tert-OH is 1. The predicted octanol–water partition coefficient (Wildman–Crippen LogP) is 4.52. The number of hydrogen-bond acceptors (Lipinski definition) is 18. The molecule has 2 bridgehead atoms. The van der Waals surface area contributed by atoms with Crippen LogP contribution in [-0.2, 0) is 62.5 Å². The summed E-state index contributed by atoms with van der Waals surface area (Å²) in [5.41, 5.74) is -7.23. The fraction of sp³-hybridized carbons (Fsp3) is 0.509. The molecule has 7 rings (SSSR count). The van der Waals surface area contributed by atoms with Gasteiger partial charge < -0.3 is 48.9 Å². The molecule has 6 unspecified atom stereocenters. The summed E-state index contributed by atoms with van der Waals surface area (Å²) in [5.74, 6) is -7.65. The third-order valence-corrected chi connectivity index (χ3v) is 15.2. The summed E-state index contributed by atoms with van der Waals surface area (Å²) in [5, 5.41) is 29.0. The van der Waals surface area contributed by atoms with Crippen LogP contribution >= 0.6 is 0 Å². The number of hydrogen-bond donors (Lipinski definition) is 4. The number of fused-ring (bicyclic) bond motifs is 5. The van der Waals surface area contributed by atoms with Crippen molar-refractivity contribution < 1.29 is 85.2 Å². The third-order valence-electron chi connectivity index (χ3n) is 15.2. The number of amides is 1. The molecule has 20 nitrogen and oxygen atoms in total. The second kappa shape index (κ2) is 23.5. The standard InChI is InChI=1S/C54H64N2O15.CH4O3S/c1-9-56(10-2)27-26-40(60)69-44(42(34-20-14-11-15-21-34)55-48(62)35-22-16-12-17-23-35)50(64)68-37-29-54(65)47(70-49(63)36-24-18-13-19-25-36)45-52(8,38(59)28-39-53(45,30-66-39)71-33(5)58)46(61)43(67-32(4)57)41(31(37)3)51(54,6)7;1-5(2,3)4/h11-25,37-39,42-45,47,59,65H,9-10,26-30H2,1-8H3,(H,55,62);1H3,(H,2,3,4)/t37-,38-,39?,42?,43+,44?,45?,47?,52+,53?,54+;/m0./s1. The Morgan fingerprint density at radius 2 is 1.39 bits per heavy atom. The maximum atomic E-state index is 15.7. The summed E-state index contributed by atoms with van der Waals surface area (Å²) >= 11 is 0. The van der Waals surface area contributed by atoms with E-state index in [0.29, 0.717) is 31.5 Å². The molecule has 1 amide bonds. The first-order valence-electron chi connectivity index (χ1n) is 25.0. The number of aliphatic hydroxyl groups is 2. The summed E-state index contributed by atoms with van der Waals surface area (Å²) in [6, 6.07) is 23.1. The van der Waals surface area contributed by atoms with Gasteiger partial charge in [-0.1, -0.05) is 94.4 Å². The number of ether oxygens (including phenoxy) is 6. The van der Waals surface area contributed by atoms with Crippen LogP contribution in [0.5, 0.6) is 0 Å². The first kappa shape index (κ1) is 58.9. The number of nitrogens with one attached hydrogen (secondary N) is 1. The highest BCUT2D eigenvalue weighted by Gasteiger charge is 2.78. The first-order valence-corrected chi connectivity index (χ1v) is 26.8. The van der Waals surface area contributed by atoms with Crippen molar-refractivity contribution >= 4 is 51.7 Å². The van der Waals surface area contributed by atoms with Crippen LogP contribution < -0.4 is 5.32 Å². The Bertz CT molecular complexity index is 2780. The number of benzene rings is 3. The maximum absolute atomic E-state index is 15.7. The molecule has 11 atom stereocenters. The quantitative estimate of drug-likeness (QED) is 0.0664. The molecule has 1 heterocycles. The van der Waals surface area contributed by atoms with E-state index in [-0.39, 0.29) is 41.7 Å². The largest absolute Gasteiger partial charge is 0.455 e. The minimum atomic E-state index is -3.67. The van der Waals surface area contributed by atoms with Crippen LogP contribution in [0, 0.1) is 16.7 Å². The van der Waals surface area contributed by atoms with Crippen LogP contribution in [0.4, 0.5) is 0 Å². The molecule has 4 N–H and O–H groups in total. The van der Waals surface area contributed by atoms with Gasteiger partial charge in [0.1, 0.15) is 30.0 Å². The van der Waals surface area contributed by atoms with Gasteiger partial charge in [0.05, 0.1) is 42.3 Å². The second-order valence-electron chi connectivity index (χ2n) is 20.3. The molecule has 3 aliphatic carbocycles. The van der Waals surface area contributed by atoms with Crippen LogP contribution in [0.3, 0.4) is 0 Å². The van der Waals surface area contributed by atoms with E-state index in [1.165, 1.54) is 26.0 Å². The fourth-order valence-corrected chi connectivity index (χ4v) is 11.3. The lowest BCUT2D eigenvalue weighted by atomic mass is 9.44. The van der Waals surface area contributed by atoms with Gasteiger partial charge in [0.25, 0.3) is 16.0 Å². The summed E-state index contributed by atoms with van der Waals surface area (Å²) < 4.78 is 62.8. The number of carbonyl (C=O) groups is 7. The van der Waals surface area contributed by atoms with Crippen LogP contribution in [0.2, 0.25) is 0 Å². The van der Waals surface area contributed by atoms with Gasteiger partial charge in [-0.3, -0.25) is 28.5 Å². The van der Waals surface area contributed by atoms with Crippen molar-refractivity contribution in [3.63, 3.8) is 0 Å². The van der Waals surface area contributed by atoms with E-state index in [1.54, 1.807) is 92.7 Å². The molecule has 1 aliphatic heterocycles. The lowest BCUT2D eigenvalue weighted by molar-refractivity contribution is -0.346. The van der Waals surface area contributed by atoms with Gasteiger partial charge in [0, 0.05) is 44.2 Å². The number of Topliss-reactive ketones (excluding diaryl/α,β-unsaturated/α-hetero) is 1. The second-order valence-corrected chi connectivity index (χ2v) is 21.8. The van der Waals surface area contributed by atoms with Gasteiger partial charge in [0.15, 0.2) is 17.5 Å². The normalized spacial score (nSPS) is 28.1. The van der Waals surface area contributed by atoms with Crippen molar-refractivity contribution in [2.24, 2.45) is 16.7 Å². The van der Waals surface area contributed by atoms with Gasteiger partial charge in [-0.2, -0.15) is 8.42 Å². The SMILES string of the molecule is CCN(CC)CCC(=O)OC(C(=O)O[C@H]1C[C@@]2(O)C(OC(=O)c3ccccc3)C3C4(OC(C)=O)COC4C[C@H](O)[C@@]3(C)C(=O)[C@H](OC(C)=O)C(=C1C)C2(C)C)C(NC(=O)c1ccccc1)c1ccccc1.CS(=O)(=O)O. The Hall–Kier alpha value is -6.36. The van der Waals surface area contributed by atoms with Crippen LogP contribution in [-0.4, -0.2) is 150 Å². The van der Waals surface area contributed by atoms with Gasteiger partial charge in [-0.15, -0.1) is 0 Å². The fourth-order valence-electron chi connectivity index (χ4n) is 11.3. The van der Waals surface area contributed by atoms with E-state index in [0.717, 1.165) is 13.8 Å². The van der Waals surface area contributed by atoms with Crippen LogP contribution in [0.15, 0.2) is 102 Å². The number of esters is 5. The number of nitrogens with zero attached hydrogens (tertiary/aromatic N) is 1. The van der Waals surface area contributed by atoms with Gasteiger partial charge in [-0.05, 0) is 67.9 Å². The van der Waals surface area contributed by atoms with Crippen LogP contribution in [0.1, 0.15) is 107 Å². The lowest BCUT2D eigenvalue weighted by Gasteiger charge is -2.67. The van der Waals surface area contributed by atoms with E-state index >= 15 is 9.59 Å². The molecule has 2 saturated carbocycles. The predicted molar refractivity (Wildman–Crippen MR) is 271 cm³/mol. The van der Waals surface area contributed by atoms with E-state index in [1.807, 2.05) is 18.7 Å². The minimum Gasteiger partial charge on any atom is -0.455 e. The molecule has 76 heavy (non-hydrogen) atoms. The van der Waals surface area contributed by atoms with Crippen molar-refractivity contribution in [2.75, 3.05) is 32.5 Å². The third kappa shape index (κ3) is 12.1. The Balaban J connectivity index is 0.00000179. The molecule has 3 fully saturated rings. The van der Waals surface area contributed by atoms with Gasteiger partial charge in [-0.25, -0.2) is 9.59 Å². The van der Waals surface area contributed by atoms with Crippen molar-refractivity contribution in [3.8, 4) is 0 Å². The molecule has 3 aromatic carbocycles. The zero-order valence-electron chi connectivity index (χ0n) is 44.0. The first-order chi connectivity index (χ1) is 35.6. The van der Waals surface area contributed by atoms with Crippen molar-refractivity contribution in [3.05, 3.63) is 119 Å². The summed E-state index contributed by atoms with van der Waals surface area (Å²) in [7, 11) is -3.67. The Labute approximate surface area is 442 Å². The molecule has 0 spiro atoms. The molecule has 21 heteroatoms. The Kier molecular flexibility index (Phi) is 18.2. The molecule has 4 aliphatic rings. The maximum Gasteiger partial charge on any atom is 0.350 e. The van der Waals surface area contributed by atoms with Gasteiger partial charge in [0.2, 0.25) is 6.10 Å². The summed E-state index contributed by atoms with van der Waals surface area (Å²) in [6.07, 6.45) is -9.99. The molecule has 0 radical (unpaired) electrons. The zero-order valence-corrected chi connectivity index (χ0v) is 44.9. The minimum absolute atomic E-state index is 0.0184. The molecule has 3 aromatic rings. The highest BCUT2D eigenvalue weighted by atomic mass is 32.2. The molecule has 1 saturated heterocycles. The number of carbonyl (C=O) groups excluding carboxylic acids is 7. The number of rotatable bonds is 16. The average Bonchev–Trinajstić information content (AvgIpc) is 3.40. The highest BCUT2D eigenvalue weighted by molar-refractivity contribution is 7.85. The highest BCUT2D eigenvalue weighted by Crippen LogP contribution is 2.64. The van der Waals surface area contributed by atoms with E-state index in [4.69, 9.17) is 33.0 Å². The van der Waals surface area contributed by atoms with Gasteiger partial charge >= 0.3 is 29.8 Å². The molecule has 0 aromatic heterocycles. The van der Waals surface area contributed by atoms with Crippen molar-refractivity contribution in [1.29, 1.82) is 0 Å². The zero-order chi connectivity index (χ0) is 56.1. The van der Waals surface area contributed by atoms with Crippen molar-refractivity contribution in [2.45, 2.75) is 129 Å². The lowest BCUT2D eigenvalue weighted by Crippen LogP contribution is -2.82. The van der Waals surface area contributed by atoms with Crippen molar-refractivity contribution in [1.82, 2.24) is 10.2 Å². The average molecular weight is 1080 g/mol. The number of ketones is 1. The van der Waals surface area contributed by atoms with E-state index in [2.05, 4.69) is 5.32 Å². The molecule has 412 valence electrons. The summed E-state index contributed by atoms with van der Waals surface area (Å²) in [4.78, 5) is 102.